The maximum atomic E-state index is 12.4. The monoisotopic (exact) mass is 421 g/mol. The van der Waals surface area contributed by atoms with Gasteiger partial charge < -0.3 is 10.4 Å². The molecule has 1 amide bonds. The first kappa shape index (κ1) is 18.1. The van der Waals surface area contributed by atoms with E-state index in [-0.39, 0.29) is 12.3 Å². The number of benzene rings is 1. The summed E-state index contributed by atoms with van der Waals surface area (Å²) in [7, 11) is 0. The van der Waals surface area contributed by atoms with Crippen LogP contribution in [0.25, 0.3) is 0 Å². The molecule has 1 saturated carbocycles. The quantitative estimate of drug-likeness (QED) is 0.678. The number of aliphatic carboxylic acids is 1. The lowest BCUT2D eigenvalue weighted by molar-refractivity contribution is -0.137. The molecule has 0 aliphatic heterocycles. The van der Waals surface area contributed by atoms with E-state index in [9.17, 15) is 9.59 Å². The summed E-state index contributed by atoms with van der Waals surface area (Å²) in [6.45, 7) is 0. The van der Waals surface area contributed by atoms with Gasteiger partial charge in [-0.05, 0) is 57.1 Å². The third kappa shape index (κ3) is 4.70. The molecule has 4 nitrogen and oxygen atoms in total. The van der Waals surface area contributed by atoms with Crippen LogP contribution in [0.3, 0.4) is 0 Å². The van der Waals surface area contributed by atoms with Gasteiger partial charge in [-0.25, -0.2) is 0 Å². The molecule has 6 heteroatoms. The molecule has 0 radical (unpaired) electrons. The van der Waals surface area contributed by atoms with Crippen molar-refractivity contribution in [1.29, 1.82) is 0 Å². The van der Waals surface area contributed by atoms with Crippen LogP contribution >= 0.6 is 27.3 Å². The highest BCUT2D eigenvalue weighted by molar-refractivity contribution is 9.10. The molecule has 25 heavy (non-hydrogen) atoms. The number of carboxylic acids is 1. The van der Waals surface area contributed by atoms with Crippen LogP contribution < -0.4 is 5.32 Å². The average molecular weight is 422 g/mol. The van der Waals surface area contributed by atoms with E-state index < -0.39 is 12.0 Å². The van der Waals surface area contributed by atoms with Crippen LogP contribution in [0.4, 0.5) is 0 Å². The van der Waals surface area contributed by atoms with Crippen LogP contribution in [0.2, 0.25) is 0 Å². The van der Waals surface area contributed by atoms with Gasteiger partial charge in [0, 0.05) is 16.3 Å². The second-order valence-corrected chi connectivity index (χ2v) is 8.14. The van der Waals surface area contributed by atoms with Gasteiger partial charge in [-0.2, -0.15) is 11.3 Å². The Hall–Kier alpha value is -1.66. The Morgan fingerprint density at radius 3 is 2.56 bits per heavy atom. The lowest BCUT2D eigenvalue weighted by Gasteiger charge is -2.35. The second-order valence-electron chi connectivity index (χ2n) is 6.54. The number of carbonyl (C=O) groups is 2. The van der Waals surface area contributed by atoms with Crippen molar-refractivity contribution in [2.24, 2.45) is 5.92 Å². The summed E-state index contributed by atoms with van der Waals surface area (Å²) in [5.41, 5.74) is 2.17. The van der Waals surface area contributed by atoms with E-state index in [1.54, 1.807) is 0 Å². The number of amides is 1. The van der Waals surface area contributed by atoms with Crippen molar-refractivity contribution >= 4 is 39.1 Å². The van der Waals surface area contributed by atoms with Gasteiger partial charge in [0.25, 0.3) is 0 Å². The van der Waals surface area contributed by atoms with Gasteiger partial charge in [0.1, 0.15) is 0 Å². The number of carbonyl (C=O) groups excluding carboxylic acids is 1. The molecule has 0 bridgehead atoms. The summed E-state index contributed by atoms with van der Waals surface area (Å²) < 4.78 is 0.844. The van der Waals surface area contributed by atoms with E-state index in [4.69, 9.17) is 5.11 Å². The largest absolute Gasteiger partial charge is 0.481 e. The van der Waals surface area contributed by atoms with E-state index >= 15 is 0 Å². The second kappa shape index (κ2) is 8.15. The molecule has 1 fully saturated rings. The summed E-state index contributed by atoms with van der Waals surface area (Å²) in [6.07, 6.45) is 2.38. The van der Waals surface area contributed by atoms with Gasteiger partial charge in [-0.15, -0.1) is 0 Å². The van der Waals surface area contributed by atoms with Crippen molar-refractivity contribution in [2.75, 3.05) is 0 Å². The SMILES string of the molecule is O=C(O)CC(NC(=O)CC1CC(c2ccccc2)C1)c1cscc1Br. The maximum absolute atomic E-state index is 12.4. The minimum atomic E-state index is -0.920. The minimum Gasteiger partial charge on any atom is -0.481 e. The first-order valence-electron chi connectivity index (χ1n) is 8.30. The third-order valence-electron chi connectivity index (χ3n) is 4.71. The molecule has 2 N–H and O–H groups in total. The topological polar surface area (TPSA) is 66.4 Å². The molecule has 0 spiro atoms. The number of hydrogen-bond donors (Lipinski definition) is 2. The van der Waals surface area contributed by atoms with Crippen molar-refractivity contribution in [3.8, 4) is 0 Å². The number of halogens is 1. The predicted molar refractivity (Wildman–Crippen MR) is 102 cm³/mol. The van der Waals surface area contributed by atoms with E-state index in [0.29, 0.717) is 18.3 Å². The summed E-state index contributed by atoms with van der Waals surface area (Å²) in [5.74, 6) is -0.0709. The zero-order chi connectivity index (χ0) is 17.8. The van der Waals surface area contributed by atoms with Crippen LogP contribution in [0, 0.1) is 5.92 Å². The first-order chi connectivity index (χ1) is 12.0. The van der Waals surface area contributed by atoms with Crippen molar-refractivity contribution in [3.63, 3.8) is 0 Å². The normalized spacial score (nSPS) is 20.5. The lowest BCUT2D eigenvalue weighted by Crippen LogP contribution is -2.34. The highest BCUT2D eigenvalue weighted by Gasteiger charge is 2.32. The van der Waals surface area contributed by atoms with Crippen LogP contribution in [0.15, 0.2) is 45.6 Å². The number of rotatable bonds is 7. The fourth-order valence-corrected chi connectivity index (χ4v) is 5.00. The molecule has 1 aliphatic carbocycles. The summed E-state index contributed by atoms with van der Waals surface area (Å²) >= 11 is 4.91. The molecule has 1 atom stereocenters. The molecule has 1 aromatic carbocycles. The van der Waals surface area contributed by atoms with Crippen molar-refractivity contribution in [3.05, 3.63) is 56.7 Å². The van der Waals surface area contributed by atoms with Gasteiger partial charge in [0.15, 0.2) is 0 Å². The Morgan fingerprint density at radius 2 is 1.96 bits per heavy atom. The van der Waals surface area contributed by atoms with Gasteiger partial charge >= 0.3 is 5.97 Å². The van der Waals surface area contributed by atoms with Gasteiger partial charge in [0.05, 0.1) is 12.5 Å². The molecule has 1 aliphatic rings. The van der Waals surface area contributed by atoms with E-state index in [1.807, 2.05) is 29.0 Å². The van der Waals surface area contributed by atoms with Crippen LogP contribution in [-0.4, -0.2) is 17.0 Å². The Bertz CT molecular complexity index is 740. The Labute approximate surface area is 159 Å². The molecule has 1 unspecified atom stereocenters. The number of nitrogens with one attached hydrogen (secondary N) is 1. The smallest absolute Gasteiger partial charge is 0.305 e. The molecule has 132 valence electrons. The predicted octanol–water partition coefficient (Wildman–Crippen LogP) is 4.73. The Kier molecular flexibility index (Phi) is 5.91. The summed E-state index contributed by atoms with van der Waals surface area (Å²) in [5, 5.41) is 15.8. The zero-order valence-corrected chi connectivity index (χ0v) is 16.1. The summed E-state index contributed by atoms with van der Waals surface area (Å²) in [6, 6.07) is 9.89. The fraction of sp³-hybridized carbons (Fsp3) is 0.368. The van der Waals surface area contributed by atoms with E-state index in [1.165, 1.54) is 16.9 Å². The third-order valence-corrected chi connectivity index (χ3v) is 6.46. The number of hydrogen-bond acceptors (Lipinski definition) is 3. The van der Waals surface area contributed by atoms with Gasteiger partial charge in [-0.3, -0.25) is 9.59 Å². The Morgan fingerprint density at radius 1 is 1.24 bits per heavy atom. The molecule has 0 saturated heterocycles. The van der Waals surface area contributed by atoms with Crippen LogP contribution in [0.1, 0.15) is 48.8 Å². The Balaban J connectivity index is 1.53. The highest BCUT2D eigenvalue weighted by Crippen LogP contribution is 2.43. The van der Waals surface area contributed by atoms with E-state index in [2.05, 4.69) is 33.4 Å². The fourth-order valence-electron chi connectivity index (χ4n) is 3.37. The number of thiophene rings is 1. The van der Waals surface area contributed by atoms with Crippen LogP contribution in [-0.2, 0) is 9.59 Å². The average Bonchev–Trinajstić information content (AvgIpc) is 2.96. The van der Waals surface area contributed by atoms with E-state index in [0.717, 1.165) is 22.9 Å². The van der Waals surface area contributed by atoms with Crippen LogP contribution in [0.5, 0.6) is 0 Å². The first-order valence-corrected chi connectivity index (χ1v) is 10.0. The molecular formula is C19H20BrNO3S. The van der Waals surface area contributed by atoms with Crippen molar-refractivity contribution in [1.82, 2.24) is 5.32 Å². The van der Waals surface area contributed by atoms with Crippen molar-refractivity contribution in [2.45, 2.75) is 37.6 Å². The molecule has 1 aromatic heterocycles. The molecule has 3 rings (SSSR count). The minimum absolute atomic E-state index is 0.0686. The standard InChI is InChI=1S/C19H20BrNO3S/c20-16-11-25-10-15(16)17(9-19(23)24)21-18(22)8-12-6-14(7-12)13-4-2-1-3-5-13/h1-5,10-12,14,17H,6-9H2,(H,21,22)(H,23,24). The molecule has 1 heterocycles. The van der Waals surface area contributed by atoms with Gasteiger partial charge in [-0.1, -0.05) is 30.3 Å². The summed E-state index contributed by atoms with van der Waals surface area (Å²) in [4.78, 5) is 23.5. The molecule has 2 aromatic rings. The zero-order valence-electron chi connectivity index (χ0n) is 13.7. The number of carboxylic acid groups (broad SMARTS) is 1. The van der Waals surface area contributed by atoms with Gasteiger partial charge in [0.2, 0.25) is 5.91 Å². The lowest BCUT2D eigenvalue weighted by atomic mass is 9.70. The van der Waals surface area contributed by atoms with Crippen molar-refractivity contribution < 1.29 is 14.7 Å². The maximum Gasteiger partial charge on any atom is 0.305 e. The molecular weight excluding hydrogens is 402 g/mol. The highest BCUT2D eigenvalue weighted by atomic mass is 79.9.